The highest BCUT2D eigenvalue weighted by atomic mass is 35.5. The Labute approximate surface area is 270 Å². The molecule has 0 amide bonds. The Morgan fingerprint density at radius 2 is 1.55 bits per heavy atom. The molecule has 1 N–H and O–H groups in total. The summed E-state index contributed by atoms with van der Waals surface area (Å²) in [6.45, 7) is 0. The number of aromatic nitrogens is 1. The smallest absolute Gasteiger partial charge is 0.335 e. The Morgan fingerprint density at radius 1 is 0.851 bits per heavy atom. The van der Waals surface area contributed by atoms with Gasteiger partial charge in [-0.3, -0.25) is 0 Å². The third-order valence-corrected chi connectivity index (χ3v) is 9.64. The summed E-state index contributed by atoms with van der Waals surface area (Å²) in [5, 5.41) is 19.4. The summed E-state index contributed by atoms with van der Waals surface area (Å²) in [5.41, 5.74) is -0.248. The summed E-state index contributed by atoms with van der Waals surface area (Å²) in [6, 6.07) is 23.2. The number of carbonyl (C=O) groups is 1. The normalized spacial score (nSPS) is 11.6. The van der Waals surface area contributed by atoms with Gasteiger partial charge in [-0.05, 0) is 66.2 Å². The van der Waals surface area contributed by atoms with E-state index in [1.165, 1.54) is 48.5 Å². The molecular weight excluding hydrogens is 656 g/mol. The summed E-state index contributed by atoms with van der Waals surface area (Å²) in [5.74, 6) is -2.84. The maximum absolute atomic E-state index is 15.8. The number of benzene rings is 5. The zero-order chi connectivity index (χ0) is 33.6. The number of halogens is 5. The number of fused-ring (bicyclic) bond motifs is 1. The number of hydrogen-bond donors (Lipinski definition) is 1. The fourth-order valence-electron chi connectivity index (χ4n) is 5.48. The molecule has 0 aliphatic rings. The number of aromatic carboxylic acids is 1. The molecule has 0 radical (unpaired) electrons. The van der Waals surface area contributed by atoms with Crippen molar-refractivity contribution in [2.45, 2.75) is 11.3 Å². The van der Waals surface area contributed by atoms with Crippen molar-refractivity contribution in [3.05, 3.63) is 136 Å². The van der Waals surface area contributed by atoms with Crippen molar-refractivity contribution < 1.29 is 35.9 Å². The van der Waals surface area contributed by atoms with E-state index < -0.39 is 39.6 Å². The van der Waals surface area contributed by atoms with Crippen molar-refractivity contribution in [2.24, 2.45) is 0 Å². The van der Waals surface area contributed by atoms with Crippen molar-refractivity contribution in [2.75, 3.05) is 0 Å². The third kappa shape index (κ3) is 5.52. The predicted octanol–water partition coefficient (Wildman–Crippen LogP) is 9.32. The molecule has 6 aromatic rings. The van der Waals surface area contributed by atoms with Gasteiger partial charge in [0.1, 0.15) is 11.6 Å². The lowest BCUT2D eigenvalue weighted by atomic mass is 9.93. The molecule has 47 heavy (non-hydrogen) atoms. The zero-order valence-corrected chi connectivity index (χ0v) is 25.3. The lowest BCUT2D eigenvalue weighted by Gasteiger charge is -2.16. The van der Waals surface area contributed by atoms with E-state index in [0.717, 1.165) is 46.4 Å². The average molecular weight is 675 g/mol. The molecule has 0 saturated heterocycles. The van der Waals surface area contributed by atoms with E-state index in [4.69, 9.17) is 11.6 Å². The SMILES string of the molecule is N#Cc1cccc(F)c1-c1c(-c2cccc(-c3ccc(C(=O)O)cc3Cl)c2)n(S(=O)(=O)c2ccc(C(F)F)cc2)c2ccc(F)cc12. The highest BCUT2D eigenvalue weighted by molar-refractivity contribution is 7.90. The first kappa shape index (κ1) is 31.5. The van der Waals surface area contributed by atoms with Gasteiger partial charge in [0.15, 0.2) is 0 Å². The minimum absolute atomic E-state index is 0.0383. The molecule has 1 heterocycles. The van der Waals surface area contributed by atoms with Crippen LogP contribution >= 0.6 is 11.6 Å². The van der Waals surface area contributed by atoms with Crippen LogP contribution in [0.1, 0.15) is 27.9 Å². The Bertz CT molecular complexity index is 2380. The van der Waals surface area contributed by atoms with Crippen LogP contribution in [0.4, 0.5) is 17.6 Å². The largest absolute Gasteiger partial charge is 0.478 e. The van der Waals surface area contributed by atoms with Gasteiger partial charge in [0.05, 0.1) is 33.3 Å². The van der Waals surface area contributed by atoms with E-state index in [-0.39, 0.29) is 54.3 Å². The van der Waals surface area contributed by atoms with E-state index in [9.17, 15) is 36.8 Å². The molecule has 6 rings (SSSR count). The second-order valence-electron chi connectivity index (χ2n) is 10.4. The third-order valence-electron chi connectivity index (χ3n) is 7.60. The number of hydrogen-bond acceptors (Lipinski definition) is 4. The molecule has 5 aromatic carbocycles. The Morgan fingerprint density at radius 3 is 2.21 bits per heavy atom. The lowest BCUT2D eigenvalue weighted by molar-refractivity contribution is 0.0696. The Balaban J connectivity index is 1.74. The van der Waals surface area contributed by atoms with E-state index >= 15 is 4.39 Å². The van der Waals surface area contributed by atoms with Crippen LogP contribution in [-0.2, 0) is 10.0 Å². The van der Waals surface area contributed by atoms with Gasteiger partial charge in [0, 0.05) is 38.2 Å². The summed E-state index contributed by atoms with van der Waals surface area (Å²) < 4.78 is 87.1. The van der Waals surface area contributed by atoms with Crippen molar-refractivity contribution in [3.8, 4) is 39.6 Å². The first-order chi connectivity index (χ1) is 22.4. The van der Waals surface area contributed by atoms with Gasteiger partial charge >= 0.3 is 5.97 Å². The van der Waals surface area contributed by atoms with E-state index in [0.29, 0.717) is 11.1 Å². The number of carboxylic acids is 1. The number of alkyl halides is 2. The molecule has 6 nitrogen and oxygen atoms in total. The highest BCUT2D eigenvalue weighted by Gasteiger charge is 2.31. The lowest BCUT2D eigenvalue weighted by Crippen LogP contribution is -2.14. The fraction of sp³-hybridized carbons (Fsp3) is 0.0286. The van der Waals surface area contributed by atoms with Crippen LogP contribution in [0.15, 0.2) is 108 Å². The first-order valence-corrected chi connectivity index (χ1v) is 15.5. The molecule has 0 aliphatic heterocycles. The van der Waals surface area contributed by atoms with Crippen LogP contribution in [0.25, 0.3) is 44.4 Å². The van der Waals surface area contributed by atoms with Gasteiger partial charge in [0.25, 0.3) is 16.4 Å². The van der Waals surface area contributed by atoms with Crippen LogP contribution in [0.2, 0.25) is 5.02 Å². The molecule has 0 saturated carbocycles. The molecule has 0 atom stereocenters. The Hall–Kier alpha value is -5.44. The van der Waals surface area contributed by atoms with Crippen LogP contribution in [-0.4, -0.2) is 23.5 Å². The first-order valence-electron chi connectivity index (χ1n) is 13.7. The maximum Gasteiger partial charge on any atom is 0.335 e. The monoisotopic (exact) mass is 674 g/mol. The minimum Gasteiger partial charge on any atom is -0.478 e. The molecular formula is C35H19ClF4N2O4S. The van der Waals surface area contributed by atoms with E-state index in [1.54, 1.807) is 12.1 Å². The molecule has 234 valence electrons. The maximum atomic E-state index is 15.8. The molecule has 1 aromatic heterocycles. The number of nitriles is 1. The van der Waals surface area contributed by atoms with Crippen molar-refractivity contribution in [1.29, 1.82) is 5.26 Å². The number of nitrogens with zero attached hydrogens (tertiary/aromatic N) is 2. The fourth-order valence-corrected chi connectivity index (χ4v) is 7.31. The predicted molar refractivity (Wildman–Crippen MR) is 169 cm³/mol. The van der Waals surface area contributed by atoms with E-state index in [2.05, 4.69) is 0 Å². The summed E-state index contributed by atoms with van der Waals surface area (Å²) >= 11 is 6.45. The Kier molecular flexibility index (Phi) is 8.09. The van der Waals surface area contributed by atoms with E-state index in [1.807, 2.05) is 6.07 Å². The molecule has 0 bridgehead atoms. The van der Waals surface area contributed by atoms with Crippen LogP contribution in [0, 0.1) is 23.0 Å². The van der Waals surface area contributed by atoms with Gasteiger partial charge in [-0.2, -0.15) is 5.26 Å². The molecule has 12 heteroatoms. The number of carboxylic acid groups (broad SMARTS) is 1. The quantitative estimate of drug-likeness (QED) is 0.170. The second-order valence-corrected chi connectivity index (χ2v) is 12.6. The zero-order valence-electron chi connectivity index (χ0n) is 23.8. The highest BCUT2D eigenvalue weighted by Crippen LogP contribution is 2.46. The van der Waals surface area contributed by atoms with Gasteiger partial charge < -0.3 is 5.11 Å². The van der Waals surface area contributed by atoms with Crippen LogP contribution in [0.3, 0.4) is 0 Å². The molecule has 0 aliphatic carbocycles. The van der Waals surface area contributed by atoms with Crippen molar-refractivity contribution >= 4 is 38.5 Å². The van der Waals surface area contributed by atoms with Gasteiger partial charge in [0.2, 0.25) is 0 Å². The summed E-state index contributed by atoms with van der Waals surface area (Å²) in [4.78, 5) is 11.1. The average Bonchev–Trinajstić information content (AvgIpc) is 3.39. The number of rotatable bonds is 7. The summed E-state index contributed by atoms with van der Waals surface area (Å²) in [7, 11) is -4.67. The molecule has 0 fully saturated rings. The second kappa shape index (κ2) is 12.1. The minimum atomic E-state index is -4.67. The standard InChI is InChI=1S/C35H19ClF4N2O4S/c36-28-16-22(35(43)44)9-13-26(28)20-3-1-4-21(15-20)33-32(31-23(18-41)5-2-6-29(31)38)27-17-24(37)10-14-30(27)42(33)47(45,46)25-11-7-19(8-12-25)34(39)40/h1-17,34H,(H,43,44). The van der Waals surface area contributed by atoms with Crippen LogP contribution < -0.4 is 0 Å². The van der Waals surface area contributed by atoms with Crippen molar-refractivity contribution in [1.82, 2.24) is 3.97 Å². The van der Waals surface area contributed by atoms with Crippen molar-refractivity contribution in [3.63, 3.8) is 0 Å². The molecule has 0 spiro atoms. The van der Waals surface area contributed by atoms with Gasteiger partial charge in [-0.25, -0.2) is 34.7 Å². The molecule has 0 unspecified atom stereocenters. The van der Waals surface area contributed by atoms with Gasteiger partial charge in [-0.1, -0.05) is 54.1 Å². The summed E-state index contributed by atoms with van der Waals surface area (Å²) in [6.07, 6.45) is -2.85. The van der Waals surface area contributed by atoms with Crippen LogP contribution in [0.5, 0.6) is 0 Å². The van der Waals surface area contributed by atoms with Gasteiger partial charge in [-0.15, -0.1) is 0 Å². The topological polar surface area (TPSA) is 100 Å².